The summed E-state index contributed by atoms with van der Waals surface area (Å²) in [6.07, 6.45) is -5.38. The van der Waals surface area contributed by atoms with Crippen molar-refractivity contribution in [1.29, 1.82) is 0 Å². The standard InChI is InChI=1S/C17H12ClF4N3O4/c1-7(26)6-25-15(17(20,21)22)8(5-23-25)14-12(16(27)28)13(24-29-14)11-9(18)3-2-4-10(11)19/h2-5,7,26H,6H2,1H3,(H,27,28)/t7-/m1/s1. The monoisotopic (exact) mass is 433 g/mol. The smallest absolute Gasteiger partial charge is 0.433 e. The lowest BCUT2D eigenvalue weighted by atomic mass is 10.0. The first-order chi connectivity index (χ1) is 13.5. The van der Waals surface area contributed by atoms with Crippen LogP contribution >= 0.6 is 11.6 Å². The molecule has 2 heterocycles. The van der Waals surface area contributed by atoms with Crippen molar-refractivity contribution in [3.63, 3.8) is 0 Å². The van der Waals surface area contributed by atoms with Crippen LogP contribution in [0.5, 0.6) is 0 Å². The van der Waals surface area contributed by atoms with E-state index in [2.05, 4.69) is 10.3 Å². The Morgan fingerprint density at radius 1 is 1.38 bits per heavy atom. The van der Waals surface area contributed by atoms with Crippen molar-refractivity contribution in [2.45, 2.75) is 25.7 Å². The van der Waals surface area contributed by atoms with Gasteiger partial charge < -0.3 is 14.7 Å². The number of hydrogen-bond donors (Lipinski definition) is 2. The van der Waals surface area contributed by atoms with Crippen LogP contribution < -0.4 is 0 Å². The first kappa shape index (κ1) is 20.8. The first-order valence-electron chi connectivity index (χ1n) is 8.01. The molecule has 3 rings (SSSR count). The van der Waals surface area contributed by atoms with Gasteiger partial charge >= 0.3 is 12.1 Å². The Bertz CT molecular complexity index is 1060. The van der Waals surface area contributed by atoms with Crippen LogP contribution in [0.3, 0.4) is 0 Å². The second-order valence-corrected chi connectivity index (χ2v) is 6.48. The van der Waals surface area contributed by atoms with Crippen LogP contribution in [-0.2, 0) is 12.7 Å². The maximum atomic E-state index is 14.2. The molecule has 0 radical (unpaired) electrons. The number of aromatic carboxylic acids is 1. The summed E-state index contributed by atoms with van der Waals surface area (Å²) in [7, 11) is 0. The van der Waals surface area contributed by atoms with Gasteiger partial charge in [-0.1, -0.05) is 22.8 Å². The van der Waals surface area contributed by atoms with Gasteiger partial charge in [-0.05, 0) is 19.1 Å². The van der Waals surface area contributed by atoms with Gasteiger partial charge in [-0.3, -0.25) is 4.68 Å². The van der Waals surface area contributed by atoms with E-state index < -0.39 is 64.5 Å². The summed E-state index contributed by atoms with van der Waals surface area (Å²) in [6, 6.07) is 3.52. The predicted molar refractivity (Wildman–Crippen MR) is 91.8 cm³/mol. The summed E-state index contributed by atoms with van der Waals surface area (Å²) in [5, 5.41) is 25.8. The fourth-order valence-electron chi connectivity index (χ4n) is 2.81. The molecule has 1 aromatic carbocycles. The number of aromatic nitrogens is 3. The Balaban J connectivity index is 2.28. The van der Waals surface area contributed by atoms with Gasteiger partial charge in [0, 0.05) is 0 Å². The molecule has 0 saturated heterocycles. The maximum absolute atomic E-state index is 14.2. The van der Waals surface area contributed by atoms with Crippen LogP contribution in [0.4, 0.5) is 17.6 Å². The van der Waals surface area contributed by atoms with Crippen molar-refractivity contribution in [1.82, 2.24) is 14.9 Å². The predicted octanol–water partition coefficient (Wildman–Crippen LogP) is 4.10. The van der Waals surface area contributed by atoms with Gasteiger partial charge in [0.2, 0.25) is 0 Å². The van der Waals surface area contributed by atoms with Gasteiger partial charge in [0.25, 0.3) is 0 Å². The van der Waals surface area contributed by atoms with Gasteiger partial charge in [0.05, 0.1) is 35.0 Å². The van der Waals surface area contributed by atoms with E-state index in [9.17, 15) is 32.6 Å². The third kappa shape index (κ3) is 3.83. The molecule has 7 nitrogen and oxygen atoms in total. The fraction of sp³-hybridized carbons (Fsp3) is 0.235. The number of benzene rings is 1. The number of halogens is 5. The van der Waals surface area contributed by atoms with Gasteiger partial charge in [-0.25, -0.2) is 9.18 Å². The van der Waals surface area contributed by atoms with Gasteiger partial charge in [-0.15, -0.1) is 0 Å². The van der Waals surface area contributed by atoms with Crippen LogP contribution in [0.15, 0.2) is 28.9 Å². The zero-order chi connectivity index (χ0) is 21.5. The quantitative estimate of drug-likeness (QED) is 0.587. The van der Waals surface area contributed by atoms with Crippen molar-refractivity contribution >= 4 is 17.6 Å². The number of rotatable bonds is 5. The number of carboxylic acids is 1. The van der Waals surface area contributed by atoms with E-state index >= 15 is 0 Å². The van der Waals surface area contributed by atoms with Crippen molar-refractivity contribution in [2.75, 3.05) is 0 Å². The second-order valence-electron chi connectivity index (χ2n) is 6.07. The number of nitrogens with zero attached hydrogens (tertiary/aromatic N) is 3. The Hall–Kier alpha value is -2.92. The summed E-state index contributed by atoms with van der Waals surface area (Å²) >= 11 is 5.92. The molecule has 0 saturated carbocycles. The topological polar surface area (TPSA) is 101 Å². The third-order valence-corrected chi connectivity index (χ3v) is 4.21. The second kappa shape index (κ2) is 7.48. The molecule has 12 heteroatoms. The van der Waals surface area contributed by atoms with Gasteiger partial charge in [-0.2, -0.15) is 18.3 Å². The van der Waals surface area contributed by atoms with E-state index in [1.807, 2.05) is 0 Å². The van der Waals surface area contributed by atoms with Crippen LogP contribution in [0, 0.1) is 5.82 Å². The summed E-state index contributed by atoms with van der Waals surface area (Å²) in [5.41, 5.74) is -3.86. The molecule has 1 atom stereocenters. The molecule has 2 aromatic heterocycles. The Labute approximate surface area is 165 Å². The lowest BCUT2D eigenvalue weighted by Crippen LogP contribution is -2.21. The average molecular weight is 434 g/mol. The zero-order valence-electron chi connectivity index (χ0n) is 14.5. The summed E-state index contributed by atoms with van der Waals surface area (Å²) in [5.74, 6) is -3.40. The molecule has 2 N–H and O–H groups in total. The summed E-state index contributed by atoms with van der Waals surface area (Å²) < 4.78 is 60.5. The van der Waals surface area contributed by atoms with Crippen LogP contribution in [0.25, 0.3) is 22.6 Å². The van der Waals surface area contributed by atoms with E-state index in [1.165, 1.54) is 19.1 Å². The average Bonchev–Trinajstić information content (AvgIpc) is 3.17. The van der Waals surface area contributed by atoms with Crippen molar-refractivity contribution < 1.29 is 37.1 Å². The van der Waals surface area contributed by atoms with Crippen molar-refractivity contribution in [2.24, 2.45) is 0 Å². The minimum absolute atomic E-state index is 0.201. The highest BCUT2D eigenvalue weighted by molar-refractivity contribution is 6.33. The van der Waals surface area contributed by atoms with Gasteiger partial charge in [0.15, 0.2) is 11.5 Å². The minimum Gasteiger partial charge on any atom is -0.477 e. The molecule has 0 amide bonds. The van der Waals surface area contributed by atoms with Crippen LogP contribution in [-0.4, -0.2) is 37.2 Å². The number of aliphatic hydroxyl groups is 1. The van der Waals surface area contributed by atoms with Crippen LogP contribution in [0.2, 0.25) is 5.02 Å². The molecule has 154 valence electrons. The number of hydrogen-bond acceptors (Lipinski definition) is 5. The highest BCUT2D eigenvalue weighted by Crippen LogP contribution is 2.42. The number of carboxylic acid groups (broad SMARTS) is 1. The molecular formula is C17H12ClF4N3O4. The molecule has 0 bridgehead atoms. The lowest BCUT2D eigenvalue weighted by molar-refractivity contribution is -0.144. The number of aliphatic hydroxyl groups excluding tert-OH is 1. The molecule has 0 aliphatic carbocycles. The molecule has 0 unspecified atom stereocenters. The molecular weight excluding hydrogens is 422 g/mol. The Kier molecular flexibility index (Phi) is 5.37. The van der Waals surface area contributed by atoms with E-state index in [1.54, 1.807) is 0 Å². The fourth-order valence-corrected chi connectivity index (χ4v) is 3.06. The molecule has 3 aromatic rings. The zero-order valence-corrected chi connectivity index (χ0v) is 15.3. The van der Waals surface area contributed by atoms with E-state index in [0.717, 1.165) is 12.3 Å². The SMILES string of the molecule is C[C@@H](O)Cn1ncc(-c2onc(-c3c(F)cccc3Cl)c2C(=O)O)c1C(F)(F)F. The summed E-state index contributed by atoms with van der Waals surface area (Å²) in [6.45, 7) is 0.758. The maximum Gasteiger partial charge on any atom is 0.433 e. The minimum atomic E-state index is -4.96. The normalized spacial score (nSPS) is 12.9. The first-order valence-corrected chi connectivity index (χ1v) is 8.39. The molecule has 0 spiro atoms. The van der Waals surface area contributed by atoms with E-state index in [-0.39, 0.29) is 5.02 Å². The highest BCUT2D eigenvalue weighted by atomic mass is 35.5. The van der Waals surface area contributed by atoms with Gasteiger partial charge in [0.1, 0.15) is 17.1 Å². The van der Waals surface area contributed by atoms with Crippen molar-refractivity contribution in [3.05, 3.63) is 46.5 Å². The molecule has 0 fully saturated rings. The lowest BCUT2D eigenvalue weighted by Gasteiger charge is -2.13. The van der Waals surface area contributed by atoms with E-state index in [4.69, 9.17) is 16.1 Å². The molecule has 0 aliphatic heterocycles. The Morgan fingerprint density at radius 2 is 2.07 bits per heavy atom. The summed E-state index contributed by atoms with van der Waals surface area (Å²) in [4.78, 5) is 11.8. The highest BCUT2D eigenvalue weighted by Gasteiger charge is 2.41. The third-order valence-electron chi connectivity index (χ3n) is 3.90. The number of carbonyl (C=O) groups is 1. The molecule has 29 heavy (non-hydrogen) atoms. The van der Waals surface area contributed by atoms with Crippen molar-refractivity contribution in [3.8, 4) is 22.6 Å². The van der Waals surface area contributed by atoms with Crippen LogP contribution in [0.1, 0.15) is 23.0 Å². The Morgan fingerprint density at radius 3 is 2.62 bits per heavy atom. The largest absolute Gasteiger partial charge is 0.477 e. The number of alkyl halides is 3. The van der Waals surface area contributed by atoms with E-state index in [0.29, 0.717) is 4.68 Å². The molecule has 0 aliphatic rings.